The summed E-state index contributed by atoms with van der Waals surface area (Å²) in [5.41, 5.74) is 1.98. The topological polar surface area (TPSA) is 42.4 Å². The number of aryl methyl sites for hydroxylation is 2. The average Bonchev–Trinajstić information content (AvgIpc) is 2.89. The molecule has 0 saturated heterocycles. The van der Waals surface area contributed by atoms with E-state index in [1.807, 2.05) is 56.9 Å². The smallest absolute Gasteiger partial charge is 0.265 e. The number of rotatable bonds is 6. The van der Waals surface area contributed by atoms with Crippen LogP contribution in [-0.4, -0.2) is 28.9 Å². The van der Waals surface area contributed by atoms with Crippen molar-refractivity contribution in [1.82, 2.24) is 9.88 Å². The molecule has 0 fully saturated rings. The Balaban J connectivity index is 2.06. The van der Waals surface area contributed by atoms with Crippen molar-refractivity contribution in [1.29, 1.82) is 0 Å². The second-order valence-electron chi connectivity index (χ2n) is 5.10. The summed E-state index contributed by atoms with van der Waals surface area (Å²) in [5.74, 6) is 0.872. The average molecular weight is 318 g/mol. The lowest BCUT2D eigenvalue weighted by molar-refractivity contribution is 0.0777. The van der Waals surface area contributed by atoms with Crippen LogP contribution in [0.5, 0.6) is 5.75 Å². The number of hydrogen-bond donors (Lipinski definition) is 0. The van der Waals surface area contributed by atoms with Crippen LogP contribution in [0, 0.1) is 13.8 Å². The number of amides is 1. The molecule has 22 heavy (non-hydrogen) atoms. The first-order chi connectivity index (χ1) is 10.5. The molecule has 1 aromatic carbocycles. The molecule has 0 spiro atoms. The van der Waals surface area contributed by atoms with E-state index in [-0.39, 0.29) is 5.91 Å². The van der Waals surface area contributed by atoms with Gasteiger partial charge >= 0.3 is 0 Å². The lowest BCUT2D eigenvalue weighted by atomic mass is 10.2. The second-order valence-corrected chi connectivity index (χ2v) is 6.18. The first-order valence-electron chi connectivity index (χ1n) is 7.50. The molecule has 5 heteroatoms. The van der Waals surface area contributed by atoms with Crippen molar-refractivity contribution in [3.05, 3.63) is 45.4 Å². The van der Waals surface area contributed by atoms with E-state index in [1.165, 1.54) is 16.9 Å². The summed E-state index contributed by atoms with van der Waals surface area (Å²) in [4.78, 5) is 19.4. The minimum atomic E-state index is 0.0570. The molecule has 0 aliphatic heterocycles. The molecule has 0 bridgehead atoms. The van der Waals surface area contributed by atoms with Crippen molar-refractivity contribution >= 4 is 17.2 Å². The van der Waals surface area contributed by atoms with Crippen LogP contribution in [0.2, 0.25) is 0 Å². The highest BCUT2D eigenvalue weighted by Gasteiger charge is 2.19. The Morgan fingerprint density at radius 3 is 2.41 bits per heavy atom. The summed E-state index contributed by atoms with van der Waals surface area (Å²) in [7, 11) is 0. The van der Waals surface area contributed by atoms with Crippen molar-refractivity contribution in [2.24, 2.45) is 0 Å². The minimum absolute atomic E-state index is 0.0570. The molecule has 0 radical (unpaired) electrons. The number of hydrogen-bond acceptors (Lipinski definition) is 4. The highest BCUT2D eigenvalue weighted by atomic mass is 32.1. The highest BCUT2D eigenvalue weighted by Crippen LogP contribution is 2.22. The molecule has 0 aliphatic rings. The van der Waals surface area contributed by atoms with Gasteiger partial charge in [-0.15, -0.1) is 11.3 Å². The maximum atomic E-state index is 12.4. The van der Waals surface area contributed by atoms with Gasteiger partial charge in [-0.2, -0.15) is 0 Å². The van der Waals surface area contributed by atoms with E-state index in [2.05, 4.69) is 4.98 Å². The van der Waals surface area contributed by atoms with E-state index >= 15 is 0 Å². The Morgan fingerprint density at radius 2 is 1.82 bits per heavy atom. The van der Waals surface area contributed by atoms with Crippen molar-refractivity contribution in [3.8, 4) is 5.75 Å². The molecule has 2 rings (SSSR count). The number of nitrogens with zero attached hydrogens (tertiary/aromatic N) is 2. The molecular weight excluding hydrogens is 296 g/mol. The molecule has 0 aliphatic carbocycles. The summed E-state index contributed by atoms with van der Waals surface area (Å²) >= 11 is 1.42. The van der Waals surface area contributed by atoms with E-state index in [4.69, 9.17) is 4.74 Å². The second kappa shape index (κ2) is 7.40. The maximum Gasteiger partial charge on any atom is 0.265 e. The number of ether oxygens (including phenoxy) is 1. The fourth-order valence-corrected chi connectivity index (χ4v) is 3.09. The summed E-state index contributed by atoms with van der Waals surface area (Å²) < 4.78 is 5.73. The quantitative estimate of drug-likeness (QED) is 0.813. The third kappa shape index (κ3) is 3.85. The standard InChI is InChI=1S/C17H22N2O2S/c1-5-19(6-2)17(20)16-13(4)18-15(22-16)11-21-14-9-7-12(3)8-10-14/h7-10H,5-6,11H2,1-4H3. The zero-order valence-corrected chi connectivity index (χ0v) is 14.4. The van der Waals surface area contributed by atoms with Gasteiger partial charge in [0.2, 0.25) is 0 Å². The predicted molar refractivity (Wildman–Crippen MR) is 89.6 cm³/mol. The van der Waals surface area contributed by atoms with Crippen LogP contribution in [0.15, 0.2) is 24.3 Å². The van der Waals surface area contributed by atoms with Crippen LogP contribution in [-0.2, 0) is 6.61 Å². The van der Waals surface area contributed by atoms with Crippen LogP contribution in [0.1, 0.15) is 39.8 Å². The molecular formula is C17H22N2O2S. The number of carbonyl (C=O) groups excluding carboxylic acids is 1. The van der Waals surface area contributed by atoms with Crippen LogP contribution in [0.4, 0.5) is 0 Å². The van der Waals surface area contributed by atoms with Crippen LogP contribution >= 0.6 is 11.3 Å². The molecule has 4 nitrogen and oxygen atoms in total. The first-order valence-corrected chi connectivity index (χ1v) is 8.31. The maximum absolute atomic E-state index is 12.4. The molecule has 118 valence electrons. The Morgan fingerprint density at radius 1 is 1.18 bits per heavy atom. The van der Waals surface area contributed by atoms with Gasteiger partial charge in [-0.1, -0.05) is 17.7 Å². The van der Waals surface area contributed by atoms with Gasteiger partial charge in [-0.25, -0.2) is 4.98 Å². The fourth-order valence-electron chi connectivity index (χ4n) is 2.15. The number of thiazole rings is 1. The summed E-state index contributed by atoms with van der Waals surface area (Å²) in [5, 5.41) is 0.827. The van der Waals surface area contributed by atoms with Gasteiger partial charge < -0.3 is 9.64 Å². The van der Waals surface area contributed by atoms with Crippen molar-refractivity contribution in [3.63, 3.8) is 0 Å². The molecule has 0 unspecified atom stereocenters. The number of carbonyl (C=O) groups is 1. The predicted octanol–water partition coefficient (Wildman–Crippen LogP) is 3.82. The van der Waals surface area contributed by atoms with Gasteiger partial charge in [0.05, 0.1) is 5.69 Å². The van der Waals surface area contributed by atoms with E-state index in [0.717, 1.165) is 16.5 Å². The van der Waals surface area contributed by atoms with E-state index in [1.54, 1.807) is 0 Å². The molecule has 1 amide bonds. The number of benzene rings is 1. The van der Waals surface area contributed by atoms with Gasteiger partial charge in [-0.3, -0.25) is 4.79 Å². The summed E-state index contributed by atoms with van der Waals surface area (Å²) in [6.45, 7) is 9.70. The SMILES string of the molecule is CCN(CC)C(=O)c1sc(COc2ccc(C)cc2)nc1C. The Labute approximate surface area is 135 Å². The normalized spacial score (nSPS) is 10.5. The molecule has 2 aromatic rings. The van der Waals surface area contributed by atoms with Gasteiger partial charge in [0.1, 0.15) is 22.2 Å². The Kier molecular flexibility index (Phi) is 5.55. The lowest BCUT2D eigenvalue weighted by Gasteiger charge is -2.17. The third-order valence-electron chi connectivity index (χ3n) is 3.47. The molecule has 0 N–H and O–H groups in total. The highest BCUT2D eigenvalue weighted by molar-refractivity contribution is 7.13. The van der Waals surface area contributed by atoms with E-state index < -0.39 is 0 Å². The van der Waals surface area contributed by atoms with Crippen LogP contribution in [0.25, 0.3) is 0 Å². The zero-order chi connectivity index (χ0) is 16.1. The minimum Gasteiger partial charge on any atom is -0.486 e. The zero-order valence-electron chi connectivity index (χ0n) is 13.5. The lowest BCUT2D eigenvalue weighted by Crippen LogP contribution is -2.30. The van der Waals surface area contributed by atoms with Gasteiger partial charge in [0.25, 0.3) is 5.91 Å². The monoisotopic (exact) mass is 318 g/mol. The van der Waals surface area contributed by atoms with Gasteiger partial charge in [0.15, 0.2) is 0 Å². The van der Waals surface area contributed by atoms with E-state index in [9.17, 15) is 4.79 Å². The molecule has 1 heterocycles. The molecule has 1 aromatic heterocycles. The van der Waals surface area contributed by atoms with Crippen molar-refractivity contribution in [2.75, 3.05) is 13.1 Å². The van der Waals surface area contributed by atoms with Crippen LogP contribution < -0.4 is 4.74 Å². The molecule has 0 atom stereocenters. The van der Waals surface area contributed by atoms with Gasteiger partial charge in [-0.05, 0) is 39.8 Å². The van der Waals surface area contributed by atoms with E-state index in [0.29, 0.717) is 24.6 Å². The van der Waals surface area contributed by atoms with Gasteiger partial charge in [0, 0.05) is 13.1 Å². The van der Waals surface area contributed by atoms with Crippen molar-refractivity contribution < 1.29 is 9.53 Å². The van der Waals surface area contributed by atoms with Crippen molar-refractivity contribution in [2.45, 2.75) is 34.3 Å². The first kappa shape index (κ1) is 16.5. The largest absolute Gasteiger partial charge is 0.486 e. The number of aromatic nitrogens is 1. The fraction of sp³-hybridized carbons (Fsp3) is 0.412. The van der Waals surface area contributed by atoms with Crippen LogP contribution in [0.3, 0.4) is 0 Å². The molecule has 0 saturated carbocycles. The third-order valence-corrected chi connectivity index (χ3v) is 4.59. The Hall–Kier alpha value is -1.88. The Bertz CT molecular complexity index is 631. The summed E-state index contributed by atoms with van der Waals surface area (Å²) in [6.07, 6.45) is 0. The summed E-state index contributed by atoms with van der Waals surface area (Å²) in [6, 6.07) is 7.91.